The van der Waals surface area contributed by atoms with Crippen LogP contribution in [0.25, 0.3) is 0 Å². The van der Waals surface area contributed by atoms with Gasteiger partial charge in [0.15, 0.2) is 0 Å². The second kappa shape index (κ2) is 6.55. The highest BCUT2D eigenvalue weighted by molar-refractivity contribution is 5.78. The zero-order valence-corrected chi connectivity index (χ0v) is 12.4. The fourth-order valence-corrected chi connectivity index (χ4v) is 2.10. The molecular weight excluding hydrogens is 264 g/mol. The number of ketones is 1. The minimum absolute atomic E-state index is 0.135. The first-order valence-corrected chi connectivity index (χ1v) is 6.96. The highest BCUT2D eigenvalue weighted by atomic mass is 16.5. The summed E-state index contributed by atoms with van der Waals surface area (Å²) in [7, 11) is 0. The first-order valence-electron chi connectivity index (χ1n) is 6.96. The summed E-state index contributed by atoms with van der Waals surface area (Å²) in [6, 6.07) is 16.8. The van der Waals surface area contributed by atoms with Crippen LogP contribution in [0.15, 0.2) is 54.6 Å². The maximum Gasteiger partial charge on any atom is 0.134 e. The lowest BCUT2D eigenvalue weighted by molar-refractivity contribution is -0.116. The van der Waals surface area contributed by atoms with E-state index in [1.165, 1.54) is 0 Å². The average molecular weight is 284 g/mol. The number of carbonyl (C=O) groups excluding carboxylic acids is 1. The molecule has 0 radical (unpaired) electrons. The van der Waals surface area contributed by atoms with Crippen LogP contribution in [0.1, 0.15) is 25.0 Å². The highest BCUT2D eigenvalue weighted by Gasteiger charge is 2.23. The smallest absolute Gasteiger partial charge is 0.134 e. The number of benzene rings is 2. The molecule has 21 heavy (non-hydrogen) atoms. The second-order valence-corrected chi connectivity index (χ2v) is 5.45. The highest BCUT2D eigenvalue weighted by Crippen LogP contribution is 2.22. The van der Waals surface area contributed by atoms with Crippen molar-refractivity contribution in [3.63, 3.8) is 0 Å². The van der Waals surface area contributed by atoms with Crippen molar-refractivity contribution in [2.45, 2.75) is 25.9 Å². The molecule has 0 aromatic heterocycles. The topological polar surface area (TPSA) is 46.5 Å². The second-order valence-electron chi connectivity index (χ2n) is 5.45. The maximum absolute atomic E-state index is 11.0. The maximum atomic E-state index is 11.0. The van der Waals surface area contributed by atoms with Crippen molar-refractivity contribution >= 4 is 5.78 Å². The molecule has 0 spiro atoms. The summed E-state index contributed by atoms with van der Waals surface area (Å²) in [4.78, 5) is 11.0. The van der Waals surface area contributed by atoms with E-state index in [2.05, 4.69) is 0 Å². The fraction of sp³-hybridized carbons (Fsp3) is 0.278. The van der Waals surface area contributed by atoms with Gasteiger partial charge in [0.2, 0.25) is 0 Å². The lowest BCUT2D eigenvalue weighted by Gasteiger charge is -2.24. The molecular formula is C18H20O3. The molecule has 0 aliphatic heterocycles. The van der Waals surface area contributed by atoms with Gasteiger partial charge in [0.1, 0.15) is 23.7 Å². The van der Waals surface area contributed by atoms with Crippen LogP contribution in [-0.2, 0) is 16.8 Å². The predicted octanol–water partition coefficient (Wildman–Crippen LogP) is 3.10. The van der Waals surface area contributed by atoms with Gasteiger partial charge in [-0.2, -0.15) is 0 Å². The zero-order valence-electron chi connectivity index (χ0n) is 12.4. The average Bonchev–Trinajstić information content (AvgIpc) is 2.47. The van der Waals surface area contributed by atoms with Crippen molar-refractivity contribution < 1.29 is 14.6 Å². The van der Waals surface area contributed by atoms with Crippen molar-refractivity contribution in [2.24, 2.45) is 0 Å². The van der Waals surface area contributed by atoms with E-state index in [-0.39, 0.29) is 12.4 Å². The van der Waals surface area contributed by atoms with Crippen molar-refractivity contribution in [3.05, 3.63) is 65.7 Å². The summed E-state index contributed by atoms with van der Waals surface area (Å²) in [6.07, 6.45) is 0.433. The molecule has 1 atom stereocenters. The van der Waals surface area contributed by atoms with Gasteiger partial charge in [-0.25, -0.2) is 0 Å². The summed E-state index contributed by atoms with van der Waals surface area (Å²) in [5, 5.41) is 10.5. The SMILES string of the molecule is CC(=O)Cc1ccc(OCC(C)(O)c2ccccc2)cc1. The van der Waals surface area contributed by atoms with Crippen LogP contribution < -0.4 is 4.74 Å². The number of Topliss-reactive ketones (excluding diaryl/α,β-unsaturated/α-hetero) is 1. The van der Waals surface area contributed by atoms with Gasteiger partial charge in [0, 0.05) is 6.42 Å². The minimum Gasteiger partial charge on any atom is -0.490 e. The normalized spacial score (nSPS) is 13.5. The Morgan fingerprint density at radius 1 is 1.10 bits per heavy atom. The number of hydrogen-bond donors (Lipinski definition) is 1. The third-order valence-corrected chi connectivity index (χ3v) is 3.29. The molecule has 0 aliphatic carbocycles. The van der Waals surface area contributed by atoms with E-state index in [1.54, 1.807) is 13.8 Å². The van der Waals surface area contributed by atoms with Crippen molar-refractivity contribution in [1.29, 1.82) is 0 Å². The van der Waals surface area contributed by atoms with Gasteiger partial charge in [0.25, 0.3) is 0 Å². The summed E-state index contributed by atoms with van der Waals surface area (Å²) in [5.41, 5.74) is 0.738. The number of hydrogen-bond acceptors (Lipinski definition) is 3. The molecule has 1 unspecified atom stereocenters. The first-order chi connectivity index (χ1) is 9.97. The van der Waals surface area contributed by atoms with E-state index < -0.39 is 5.60 Å². The fourth-order valence-electron chi connectivity index (χ4n) is 2.10. The third kappa shape index (κ3) is 4.43. The number of ether oxygens (including phenoxy) is 1. The summed E-state index contributed by atoms with van der Waals surface area (Å²) in [5.74, 6) is 0.814. The molecule has 0 amide bonds. The van der Waals surface area contributed by atoms with Crippen LogP contribution in [0.3, 0.4) is 0 Å². The van der Waals surface area contributed by atoms with E-state index in [0.29, 0.717) is 12.2 Å². The largest absolute Gasteiger partial charge is 0.490 e. The van der Waals surface area contributed by atoms with E-state index in [4.69, 9.17) is 4.74 Å². The Labute approximate surface area is 125 Å². The van der Waals surface area contributed by atoms with Gasteiger partial charge < -0.3 is 9.84 Å². The van der Waals surface area contributed by atoms with Gasteiger partial charge >= 0.3 is 0 Å². The van der Waals surface area contributed by atoms with Crippen molar-refractivity contribution in [1.82, 2.24) is 0 Å². The standard InChI is InChI=1S/C18H20O3/c1-14(19)12-15-8-10-17(11-9-15)21-13-18(2,20)16-6-4-3-5-7-16/h3-11,20H,12-13H2,1-2H3. The Kier molecular flexibility index (Phi) is 4.76. The van der Waals surface area contributed by atoms with Gasteiger partial charge in [-0.1, -0.05) is 42.5 Å². The predicted molar refractivity (Wildman–Crippen MR) is 82.3 cm³/mol. The Morgan fingerprint density at radius 2 is 1.71 bits per heavy atom. The lowest BCUT2D eigenvalue weighted by atomic mass is 9.97. The van der Waals surface area contributed by atoms with Crippen molar-refractivity contribution in [2.75, 3.05) is 6.61 Å². The van der Waals surface area contributed by atoms with Crippen LogP contribution in [0.5, 0.6) is 5.75 Å². The van der Waals surface area contributed by atoms with Gasteiger partial charge in [-0.05, 0) is 37.1 Å². The summed E-state index contributed by atoms with van der Waals surface area (Å²) in [6.45, 7) is 3.47. The first kappa shape index (κ1) is 15.3. The van der Waals surface area contributed by atoms with E-state index >= 15 is 0 Å². The monoisotopic (exact) mass is 284 g/mol. The molecule has 0 saturated carbocycles. The number of rotatable bonds is 6. The summed E-state index contributed by atoms with van der Waals surface area (Å²) < 4.78 is 5.65. The van der Waals surface area contributed by atoms with Crippen LogP contribution >= 0.6 is 0 Å². The van der Waals surface area contributed by atoms with Crippen LogP contribution in [0.2, 0.25) is 0 Å². The van der Waals surface area contributed by atoms with E-state index in [0.717, 1.165) is 11.1 Å². The number of carbonyl (C=O) groups is 1. The van der Waals surface area contributed by atoms with E-state index in [9.17, 15) is 9.90 Å². The molecule has 2 aromatic carbocycles. The zero-order chi connectivity index (χ0) is 15.3. The Balaban J connectivity index is 1.98. The quantitative estimate of drug-likeness (QED) is 0.886. The summed E-state index contributed by atoms with van der Waals surface area (Å²) >= 11 is 0. The molecule has 3 heteroatoms. The van der Waals surface area contributed by atoms with Crippen LogP contribution in [-0.4, -0.2) is 17.5 Å². The lowest BCUT2D eigenvalue weighted by Crippen LogP contribution is -2.29. The molecule has 0 heterocycles. The van der Waals surface area contributed by atoms with Crippen LogP contribution in [0.4, 0.5) is 0 Å². The molecule has 2 rings (SSSR count). The Bertz CT molecular complexity index is 586. The van der Waals surface area contributed by atoms with Gasteiger partial charge in [0.05, 0.1) is 0 Å². The minimum atomic E-state index is -1.04. The molecule has 0 saturated heterocycles. The van der Waals surface area contributed by atoms with Crippen molar-refractivity contribution in [3.8, 4) is 5.75 Å². The molecule has 3 nitrogen and oxygen atoms in total. The molecule has 110 valence electrons. The number of aliphatic hydroxyl groups is 1. The molecule has 2 aromatic rings. The Hall–Kier alpha value is -2.13. The molecule has 0 aliphatic rings. The third-order valence-electron chi connectivity index (χ3n) is 3.29. The van der Waals surface area contributed by atoms with E-state index in [1.807, 2.05) is 54.6 Å². The molecule has 0 fully saturated rings. The Morgan fingerprint density at radius 3 is 2.29 bits per heavy atom. The molecule has 0 bridgehead atoms. The van der Waals surface area contributed by atoms with Crippen LogP contribution in [0, 0.1) is 0 Å². The van der Waals surface area contributed by atoms with Gasteiger partial charge in [-0.3, -0.25) is 4.79 Å². The van der Waals surface area contributed by atoms with Gasteiger partial charge in [-0.15, -0.1) is 0 Å². The molecule has 1 N–H and O–H groups in total.